The molecule has 34 heavy (non-hydrogen) atoms. The predicted octanol–water partition coefficient (Wildman–Crippen LogP) is 2.44. The molecule has 2 aromatic heterocycles. The summed E-state index contributed by atoms with van der Waals surface area (Å²) in [6.07, 6.45) is 4.99. The molecule has 2 aliphatic rings. The van der Waals surface area contributed by atoms with Gasteiger partial charge in [-0.25, -0.2) is 0 Å². The molecular weight excluding hydrogens is 430 g/mol. The molecule has 0 radical (unpaired) electrons. The van der Waals surface area contributed by atoms with Gasteiger partial charge in [0.05, 0.1) is 11.6 Å². The van der Waals surface area contributed by atoms with Gasteiger partial charge in [-0.2, -0.15) is 15.1 Å². The van der Waals surface area contributed by atoms with Crippen molar-refractivity contribution in [3.63, 3.8) is 0 Å². The average Bonchev–Trinajstić information content (AvgIpc) is 3.34. The predicted molar refractivity (Wildman–Crippen MR) is 135 cm³/mol. The lowest BCUT2D eigenvalue weighted by Gasteiger charge is -2.34. The number of piperazine rings is 1. The Morgan fingerprint density at radius 2 is 1.94 bits per heavy atom. The molecule has 1 atom stereocenters. The van der Waals surface area contributed by atoms with Crippen LogP contribution in [0.1, 0.15) is 12.8 Å². The molecule has 0 saturated carbocycles. The molecule has 3 aromatic rings. The number of likely N-dealkylation sites (tertiary alicyclic amines) is 1. The number of fused-ring (bicyclic) bond motifs is 1. The summed E-state index contributed by atoms with van der Waals surface area (Å²) >= 11 is 0. The van der Waals surface area contributed by atoms with E-state index < -0.39 is 0 Å². The van der Waals surface area contributed by atoms with Crippen LogP contribution in [0.15, 0.2) is 43.1 Å². The number of piperidine rings is 1. The minimum absolute atomic E-state index is 0.0370. The van der Waals surface area contributed by atoms with Crippen molar-refractivity contribution in [1.29, 1.82) is 0 Å². The summed E-state index contributed by atoms with van der Waals surface area (Å²) < 4.78 is 0. The molecule has 0 aliphatic carbocycles. The van der Waals surface area contributed by atoms with Crippen LogP contribution in [0.2, 0.25) is 0 Å². The largest absolute Gasteiger partial charge is 0.369 e. The van der Waals surface area contributed by atoms with E-state index in [0.717, 1.165) is 56.6 Å². The first kappa shape index (κ1) is 22.1. The molecule has 4 heterocycles. The summed E-state index contributed by atoms with van der Waals surface area (Å²) in [6.45, 7) is 9.21. The number of aromatic nitrogens is 4. The minimum Gasteiger partial charge on any atom is -0.369 e. The Bertz CT molecular complexity index is 1150. The summed E-state index contributed by atoms with van der Waals surface area (Å²) in [4.78, 5) is 28.0. The fourth-order valence-electron chi connectivity index (χ4n) is 4.57. The van der Waals surface area contributed by atoms with E-state index in [1.165, 1.54) is 11.8 Å². The molecule has 178 valence electrons. The molecule has 1 aromatic carbocycles. The highest BCUT2D eigenvalue weighted by molar-refractivity contribution is 5.88. The number of hydrogen-bond acceptors (Lipinski definition) is 8. The number of rotatable bonds is 6. The van der Waals surface area contributed by atoms with Gasteiger partial charge in [0.1, 0.15) is 5.82 Å². The summed E-state index contributed by atoms with van der Waals surface area (Å²) in [5, 5.41) is 14.7. The molecule has 3 N–H and O–H groups in total. The monoisotopic (exact) mass is 461 g/mol. The second-order valence-corrected chi connectivity index (χ2v) is 8.96. The van der Waals surface area contributed by atoms with Gasteiger partial charge in [-0.3, -0.25) is 9.89 Å². The molecule has 0 spiro atoms. The van der Waals surface area contributed by atoms with Crippen LogP contribution in [-0.2, 0) is 4.79 Å². The zero-order valence-electron chi connectivity index (χ0n) is 19.5. The van der Waals surface area contributed by atoms with Gasteiger partial charge in [-0.15, -0.1) is 0 Å². The van der Waals surface area contributed by atoms with E-state index in [1.807, 2.05) is 4.90 Å². The normalized spacial score (nSPS) is 19.3. The molecular formula is C24H31N9O. The lowest BCUT2D eigenvalue weighted by molar-refractivity contribution is -0.127. The number of H-pyrrole nitrogens is 1. The zero-order valence-corrected chi connectivity index (χ0v) is 19.5. The first-order chi connectivity index (χ1) is 16.6. The highest BCUT2D eigenvalue weighted by Gasteiger charge is 2.23. The van der Waals surface area contributed by atoms with E-state index in [1.54, 1.807) is 6.20 Å². The number of benzene rings is 1. The summed E-state index contributed by atoms with van der Waals surface area (Å²) in [5.74, 6) is 1.15. The van der Waals surface area contributed by atoms with Crippen LogP contribution < -0.4 is 15.5 Å². The number of amides is 1. The molecule has 0 bridgehead atoms. The number of nitrogens with zero attached hydrogens (tertiary/aromatic N) is 6. The van der Waals surface area contributed by atoms with E-state index >= 15 is 0 Å². The van der Waals surface area contributed by atoms with Crippen molar-refractivity contribution in [2.75, 3.05) is 61.8 Å². The highest BCUT2D eigenvalue weighted by Crippen LogP contribution is 2.26. The van der Waals surface area contributed by atoms with Gasteiger partial charge in [-0.1, -0.05) is 6.58 Å². The molecule has 10 nitrogen and oxygen atoms in total. The summed E-state index contributed by atoms with van der Waals surface area (Å²) in [5.41, 5.74) is 2.80. The van der Waals surface area contributed by atoms with Crippen molar-refractivity contribution in [3.8, 4) is 0 Å². The molecule has 1 amide bonds. The molecule has 0 unspecified atom stereocenters. The van der Waals surface area contributed by atoms with E-state index in [4.69, 9.17) is 4.98 Å². The van der Waals surface area contributed by atoms with Gasteiger partial charge < -0.3 is 25.3 Å². The Balaban J connectivity index is 1.31. The fourth-order valence-corrected chi connectivity index (χ4v) is 4.57. The third-order valence-electron chi connectivity index (χ3n) is 6.55. The van der Waals surface area contributed by atoms with E-state index in [2.05, 4.69) is 73.5 Å². The van der Waals surface area contributed by atoms with Gasteiger partial charge >= 0.3 is 0 Å². The fraction of sp³-hybridized carbons (Fsp3) is 0.417. The van der Waals surface area contributed by atoms with Gasteiger partial charge in [0.2, 0.25) is 11.9 Å². The maximum atomic E-state index is 12.1. The molecule has 5 rings (SSSR count). The molecule has 2 saturated heterocycles. The van der Waals surface area contributed by atoms with Gasteiger partial charge in [0.15, 0.2) is 5.65 Å². The van der Waals surface area contributed by atoms with Gasteiger partial charge in [0.25, 0.3) is 0 Å². The summed E-state index contributed by atoms with van der Waals surface area (Å²) in [7, 11) is 2.16. The smallest absolute Gasteiger partial charge is 0.246 e. The maximum absolute atomic E-state index is 12.1. The standard InChI is InChI=1S/C24H31N9O/c1-3-21(34)33-10-4-5-18(16-33)26-22-20-15-25-30-23(20)29-24(28-22)27-17-6-8-19(9-7-17)32-13-11-31(2)12-14-32/h3,6-9,15,18H,1,4-5,10-14,16H2,2H3,(H3,25,26,27,28,29,30)/t18-/m1/s1. The third kappa shape index (κ3) is 4.81. The Morgan fingerprint density at radius 3 is 2.71 bits per heavy atom. The number of likely N-dealkylation sites (N-methyl/N-ethyl adjacent to an activating group) is 1. The van der Waals surface area contributed by atoms with Crippen molar-refractivity contribution in [2.45, 2.75) is 18.9 Å². The number of nitrogens with one attached hydrogen (secondary N) is 3. The van der Waals surface area contributed by atoms with E-state index in [-0.39, 0.29) is 11.9 Å². The second kappa shape index (κ2) is 9.68. The molecule has 2 aliphatic heterocycles. The van der Waals surface area contributed by atoms with Crippen molar-refractivity contribution in [3.05, 3.63) is 43.1 Å². The highest BCUT2D eigenvalue weighted by atomic mass is 16.2. The van der Waals surface area contributed by atoms with Crippen LogP contribution in [0, 0.1) is 0 Å². The minimum atomic E-state index is -0.0370. The third-order valence-corrected chi connectivity index (χ3v) is 6.55. The Kier molecular flexibility index (Phi) is 6.31. The summed E-state index contributed by atoms with van der Waals surface area (Å²) in [6, 6.07) is 8.48. The van der Waals surface area contributed by atoms with Crippen LogP contribution in [0.25, 0.3) is 11.0 Å². The van der Waals surface area contributed by atoms with Crippen molar-refractivity contribution in [2.24, 2.45) is 0 Å². The number of carbonyl (C=O) groups excluding carboxylic acids is 1. The van der Waals surface area contributed by atoms with E-state index in [0.29, 0.717) is 24.0 Å². The molecule has 2 fully saturated rings. The van der Waals surface area contributed by atoms with Crippen LogP contribution in [-0.4, -0.2) is 88.2 Å². The first-order valence-electron chi connectivity index (χ1n) is 11.8. The Hall–Kier alpha value is -3.66. The lowest BCUT2D eigenvalue weighted by Crippen LogP contribution is -2.44. The topological polar surface area (TPSA) is 105 Å². The Morgan fingerprint density at radius 1 is 1.15 bits per heavy atom. The number of carbonyl (C=O) groups is 1. The number of hydrogen-bond donors (Lipinski definition) is 3. The first-order valence-corrected chi connectivity index (χ1v) is 11.8. The van der Waals surface area contributed by atoms with Crippen molar-refractivity contribution in [1.82, 2.24) is 30.0 Å². The quantitative estimate of drug-likeness (QED) is 0.481. The van der Waals surface area contributed by atoms with Gasteiger partial charge in [-0.05, 0) is 50.2 Å². The second-order valence-electron chi connectivity index (χ2n) is 8.96. The van der Waals surface area contributed by atoms with Crippen LogP contribution >= 0.6 is 0 Å². The maximum Gasteiger partial charge on any atom is 0.246 e. The van der Waals surface area contributed by atoms with Crippen LogP contribution in [0.4, 0.5) is 23.1 Å². The lowest BCUT2D eigenvalue weighted by atomic mass is 10.1. The molecule has 10 heteroatoms. The number of anilines is 4. The van der Waals surface area contributed by atoms with Crippen LogP contribution in [0.5, 0.6) is 0 Å². The average molecular weight is 462 g/mol. The Labute approximate surface area is 199 Å². The number of aromatic amines is 1. The van der Waals surface area contributed by atoms with Crippen molar-refractivity contribution >= 4 is 40.1 Å². The van der Waals surface area contributed by atoms with Crippen LogP contribution in [0.3, 0.4) is 0 Å². The SMILES string of the molecule is C=CC(=O)N1CCC[C@@H](Nc2nc(Nc3ccc(N4CCN(C)CC4)cc3)nc3[nH]ncc23)C1. The van der Waals surface area contributed by atoms with Gasteiger partial charge in [0, 0.05) is 56.7 Å². The van der Waals surface area contributed by atoms with E-state index in [9.17, 15) is 4.79 Å². The zero-order chi connectivity index (χ0) is 23.5. The van der Waals surface area contributed by atoms with Crippen molar-refractivity contribution < 1.29 is 4.79 Å².